The van der Waals surface area contributed by atoms with E-state index in [1.165, 1.54) is 27.5 Å². The van der Waals surface area contributed by atoms with E-state index in [0.29, 0.717) is 12.1 Å². The van der Waals surface area contributed by atoms with E-state index in [4.69, 9.17) is 0 Å². The van der Waals surface area contributed by atoms with Crippen LogP contribution in [-0.4, -0.2) is 29.8 Å². The van der Waals surface area contributed by atoms with Crippen molar-refractivity contribution in [3.8, 4) is 0 Å². The molecule has 0 aliphatic heterocycles. The molecular weight excluding hydrogens is 486 g/mol. The van der Waals surface area contributed by atoms with Gasteiger partial charge in [0.15, 0.2) is 11.2 Å². The standard InChI is InChI=1S/C27H23N7O4/c1-31-24-23(25(35)33(27(31)36)18-20-11-6-3-7-12-20)32(17-19-9-4-2-5-10-19)26(29-24)30-28-16-21-13-8-14-22(15-21)34(37)38/h2-16H,17-18H2,1H3,(H,29,30). The van der Waals surface area contributed by atoms with Gasteiger partial charge in [-0.1, -0.05) is 72.8 Å². The summed E-state index contributed by atoms with van der Waals surface area (Å²) in [5.41, 5.74) is 4.56. The fraction of sp³-hybridized carbons (Fsp3) is 0.111. The number of aromatic nitrogens is 4. The van der Waals surface area contributed by atoms with Gasteiger partial charge in [0.05, 0.1) is 24.2 Å². The minimum absolute atomic E-state index is 0.0563. The molecule has 5 aromatic rings. The summed E-state index contributed by atoms with van der Waals surface area (Å²) < 4.78 is 4.21. The van der Waals surface area contributed by atoms with Crippen LogP contribution < -0.4 is 16.7 Å². The van der Waals surface area contributed by atoms with Crippen molar-refractivity contribution in [3.63, 3.8) is 0 Å². The highest BCUT2D eigenvalue weighted by atomic mass is 16.6. The third kappa shape index (κ3) is 4.85. The van der Waals surface area contributed by atoms with Crippen LogP contribution in [0.4, 0.5) is 11.6 Å². The van der Waals surface area contributed by atoms with Gasteiger partial charge in [0.25, 0.3) is 11.2 Å². The van der Waals surface area contributed by atoms with Gasteiger partial charge in [0.2, 0.25) is 5.95 Å². The van der Waals surface area contributed by atoms with Gasteiger partial charge in [-0.2, -0.15) is 10.1 Å². The van der Waals surface area contributed by atoms with Crippen LogP contribution in [0, 0.1) is 10.1 Å². The molecule has 11 heteroatoms. The Balaban J connectivity index is 1.61. The van der Waals surface area contributed by atoms with Crippen LogP contribution in [0.2, 0.25) is 0 Å². The fourth-order valence-corrected chi connectivity index (χ4v) is 4.17. The zero-order chi connectivity index (χ0) is 26.6. The summed E-state index contributed by atoms with van der Waals surface area (Å²) in [6.07, 6.45) is 1.42. The molecule has 0 saturated carbocycles. The molecule has 0 saturated heterocycles. The number of rotatable bonds is 8. The Bertz CT molecular complexity index is 1770. The van der Waals surface area contributed by atoms with Gasteiger partial charge in [0, 0.05) is 24.7 Å². The third-order valence-electron chi connectivity index (χ3n) is 6.06. The molecule has 2 aromatic heterocycles. The van der Waals surface area contributed by atoms with Crippen molar-refractivity contribution in [1.29, 1.82) is 0 Å². The second-order valence-electron chi connectivity index (χ2n) is 8.62. The Hall–Kier alpha value is -5.32. The molecule has 3 aromatic carbocycles. The summed E-state index contributed by atoms with van der Waals surface area (Å²) in [5.74, 6) is 0.245. The largest absolute Gasteiger partial charge is 0.332 e. The summed E-state index contributed by atoms with van der Waals surface area (Å²) in [7, 11) is 1.57. The van der Waals surface area contributed by atoms with Gasteiger partial charge in [0.1, 0.15) is 0 Å². The minimum Gasteiger partial charge on any atom is -0.298 e. The lowest BCUT2D eigenvalue weighted by Crippen LogP contribution is -2.40. The van der Waals surface area contributed by atoms with Crippen LogP contribution in [0.3, 0.4) is 0 Å². The first-order valence-electron chi connectivity index (χ1n) is 11.7. The van der Waals surface area contributed by atoms with Gasteiger partial charge < -0.3 is 0 Å². The quantitative estimate of drug-likeness (QED) is 0.194. The lowest BCUT2D eigenvalue weighted by atomic mass is 10.2. The highest BCUT2D eigenvalue weighted by Gasteiger charge is 2.20. The van der Waals surface area contributed by atoms with Crippen molar-refractivity contribution in [2.45, 2.75) is 13.1 Å². The van der Waals surface area contributed by atoms with E-state index >= 15 is 0 Å². The van der Waals surface area contributed by atoms with Crippen molar-refractivity contribution in [1.82, 2.24) is 18.7 Å². The molecule has 0 radical (unpaired) electrons. The summed E-state index contributed by atoms with van der Waals surface area (Å²) in [6, 6.07) is 24.8. The van der Waals surface area contributed by atoms with Gasteiger partial charge in [-0.3, -0.25) is 28.6 Å². The zero-order valence-electron chi connectivity index (χ0n) is 20.4. The number of hydrogen-bond acceptors (Lipinski definition) is 7. The van der Waals surface area contributed by atoms with Gasteiger partial charge in [-0.05, 0) is 11.1 Å². The van der Waals surface area contributed by atoms with Crippen LogP contribution in [0.5, 0.6) is 0 Å². The number of hydrazone groups is 1. The fourth-order valence-electron chi connectivity index (χ4n) is 4.17. The maximum atomic E-state index is 13.7. The number of nitrogens with one attached hydrogen (secondary N) is 1. The van der Waals surface area contributed by atoms with E-state index in [-0.39, 0.29) is 29.3 Å². The lowest BCUT2D eigenvalue weighted by Gasteiger charge is -2.11. The number of imidazole rings is 1. The van der Waals surface area contributed by atoms with Crippen LogP contribution in [-0.2, 0) is 20.1 Å². The monoisotopic (exact) mass is 509 g/mol. The Kier molecular flexibility index (Phi) is 6.64. The lowest BCUT2D eigenvalue weighted by molar-refractivity contribution is -0.384. The minimum atomic E-state index is -0.484. The summed E-state index contributed by atoms with van der Waals surface area (Å²) in [5, 5.41) is 15.3. The van der Waals surface area contributed by atoms with E-state index in [1.807, 2.05) is 60.7 Å². The van der Waals surface area contributed by atoms with E-state index in [2.05, 4.69) is 15.5 Å². The van der Waals surface area contributed by atoms with Gasteiger partial charge in [-0.25, -0.2) is 10.2 Å². The van der Waals surface area contributed by atoms with E-state index in [1.54, 1.807) is 23.7 Å². The van der Waals surface area contributed by atoms with Crippen molar-refractivity contribution in [3.05, 3.63) is 133 Å². The Morgan fingerprint density at radius 2 is 1.55 bits per heavy atom. The molecule has 0 unspecified atom stereocenters. The van der Waals surface area contributed by atoms with Crippen molar-refractivity contribution in [2.24, 2.45) is 12.1 Å². The number of hydrogen-bond donors (Lipinski definition) is 1. The van der Waals surface area contributed by atoms with Crippen molar-refractivity contribution < 1.29 is 4.92 Å². The summed E-state index contributed by atoms with van der Waals surface area (Å²) in [6.45, 7) is 0.414. The molecule has 0 amide bonds. The van der Waals surface area contributed by atoms with E-state index < -0.39 is 16.2 Å². The number of fused-ring (bicyclic) bond motifs is 1. The maximum Gasteiger partial charge on any atom is 0.332 e. The topological polar surface area (TPSA) is 129 Å². The zero-order valence-corrected chi connectivity index (χ0v) is 20.4. The average molecular weight is 510 g/mol. The van der Waals surface area contributed by atoms with Crippen LogP contribution in [0.25, 0.3) is 11.2 Å². The number of nitro benzene ring substituents is 1. The molecule has 2 heterocycles. The molecule has 0 atom stereocenters. The number of non-ortho nitro benzene ring substituents is 1. The maximum absolute atomic E-state index is 13.7. The second kappa shape index (κ2) is 10.3. The molecule has 0 spiro atoms. The van der Waals surface area contributed by atoms with Gasteiger partial charge >= 0.3 is 5.69 Å². The first-order chi connectivity index (χ1) is 18.4. The average Bonchev–Trinajstić information content (AvgIpc) is 3.29. The molecule has 0 aliphatic carbocycles. The predicted molar refractivity (Wildman–Crippen MR) is 145 cm³/mol. The van der Waals surface area contributed by atoms with Crippen LogP contribution >= 0.6 is 0 Å². The van der Waals surface area contributed by atoms with Crippen molar-refractivity contribution in [2.75, 3.05) is 5.43 Å². The molecule has 0 bridgehead atoms. The first kappa shape index (κ1) is 24.4. The van der Waals surface area contributed by atoms with E-state index in [0.717, 1.165) is 11.1 Å². The molecule has 38 heavy (non-hydrogen) atoms. The van der Waals surface area contributed by atoms with E-state index in [9.17, 15) is 19.7 Å². The second-order valence-corrected chi connectivity index (χ2v) is 8.62. The molecule has 11 nitrogen and oxygen atoms in total. The molecule has 1 N–H and O–H groups in total. The highest BCUT2D eigenvalue weighted by Crippen LogP contribution is 2.19. The Morgan fingerprint density at radius 1 is 0.921 bits per heavy atom. The van der Waals surface area contributed by atoms with Crippen molar-refractivity contribution >= 4 is 29.0 Å². The Morgan fingerprint density at radius 3 is 2.18 bits per heavy atom. The Labute approximate surface area is 216 Å². The molecule has 190 valence electrons. The summed E-state index contributed by atoms with van der Waals surface area (Å²) in [4.78, 5) is 42.0. The number of nitrogens with zero attached hydrogens (tertiary/aromatic N) is 6. The van der Waals surface area contributed by atoms with Crippen LogP contribution in [0.15, 0.2) is 99.6 Å². The molecule has 5 rings (SSSR count). The molecule has 0 aliphatic rings. The normalized spacial score (nSPS) is 11.3. The summed E-state index contributed by atoms with van der Waals surface area (Å²) >= 11 is 0. The van der Waals surface area contributed by atoms with Gasteiger partial charge in [-0.15, -0.1) is 0 Å². The number of aryl methyl sites for hydroxylation is 1. The SMILES string of the molecule is Cn1c(=O)n(Cc2ccccc2)c(=O)c2c1nc(NN=Cc1cccc([N+](=O)[O-])c1)n2Cc1ccccc1. The number of benzene rings is 3. The molecule has 0 fully saturated rings. The predicted octanol–water partition coefficient (Wildman–Crippen LogP) is 3.35. The first-order valence-corrected chi connectivity index (χ1v) is 11.7. The highest BCUT2D eigenvalue weighted by molar-refractivity contribution is 5.81. The van der Waals surface area contributed by atoms with Crippen LogP contribution in [0.1, 0.15) is 16.7 Å². The third-order valence-corrected chi connectivity index (χ3v) is 6.06. The smallest absolute Gasteiger partial charge is 0.298 e. The number of nitro groups is 1. The molecular formula is C27H23N7O4. The number of anilines is 1.